The number of hydrogen-bond acceptors (Lipinski definition) is 6. The van der Waals surface area contributed by atoms with Gasteiger partial charge in [-0.2, -0.15) is 8.78 Å². The summed E-state index contributed by atoms with van der Waals surface area (Å²) in [5.41, 5.74) is -7.40. The number of nitrogens with zero attached hydrogens (tertiary/aromatic N) is 3. The van der Waals surface area contributed by atoms with Gasteiger partial charge in [0.05, 0.1) is 25.9 Å². The lowest BCUT2D eigenvalue weighted by atomic mass is 10.1. The normalized spacial score (nSPS) is 10.3. The van der Waals surface area contributed by atoms with Crippen LogP contribution in [0.2, 0.25) is 15.1 Å². The van der Waals surface area contributed by atoms with Crippen LogP contribution in [0.1, 0.15) is 55.6 Å². The van der Waals surface area contributed by atoms with Crippen molar-refractivity contribution in [2.24, 2.45) is 0 Å². The van der Waals surface area contributed by atoms with Crippen LogP contribution in [0.25, 0.3) is 0 Å². The van der Waals surface area contributed by atoms with Crippen molar-refractivity contribution < 1.29 is 133 Å². The summed E-state index contributed by atoms with van der Waals surface area (Å²) in [5.74, 6) is -40.9. The van der Waals surface area contributed by atoms with E-state index < -0.39 is 238 Å². The highest BCUT2D eigenvalue weighted by Gasteiger charge is 2.32. The molecule has 0 amide bonds. The molecule has 0 saturated carbocycles. The van der Waals surface area contributed by atoms with Crippen LogP contribution in [0.5, 0.6) is 0 Å². The maximum atomic E-state index is 13.1. The molecular formula is C58H35Cl3F27N3O6. The first-order chi connectivity index (χ1) is 44.3. The standard InChI is InChI=1S/C8H6F4.C8H6F3NO2.C7H4Cl2FNO2.C7H5ClF2.C7H3F5.C7H3F4NO2.2C7H4F4/c1-3-5(9)7(11)4(2)8(12)6(3)10;1-3-5(9)4(2)8(12(13)14)7(11)6(3)10;1-3-2-4(10)6(9)7(5(3)8)11(12)13;1-4-2-3-5(9)6(8)7(4)10;1-2-3(8)5(10)7(12)6(11)4(2)9;1-2-3(8)4(9)5(10)6(11)7(2)12(13)14;1-3-6(10)4(8)2-5(9)7(3)11;1-3-2-4(8)6(10)7(11)5(3)9/h1-2H3;1-2H3;2H,1H3;2-3H,1H3;1H3;1H3;2*2H,1H3. The van der Waals surface area contributed by atoms with E-state index in [4.69, 9.17) is 34.8 Å². The quantitative estimate of drug-likeness (QED) is 0.0569. The topological polar surface area (TPSA) is 129 Å². The van der Waals surface area contributed by atoms with Crippen molar-refractivity contribution in [2.75, 3.05) is 0 Å². The molecule has 9 nitrogen and oxygen atoms in total. The fourth-order valence-corrected chi connectivity index (χ4v) is 7.22. The van der Waals surface area contributed by atoms with Gasteiger partial charge in [-0.25, -0.2) is 110 Å². The van der Waals surface area contributed by atoms with Gasteiger partial charge in [0.2, 0.25) is 23.3 Å². The number of aryl methyl sites for hydroxylation is 3. The highest BCUT2D eigenvalue weighted by Crippen LogP contribution is 2.37. The van der Waals surface area contributed by atoms with Gasteiger partial charge >= 0.3 is 17.1 Å². The van der Waals surface area contributed by atoms with Gasteiger partial charge in [0.15, 0.2) is 116 Å². The molecule has 0 N–H and O–H groups in total. The minimum Gasteiger partial charge on any atom is -0.258 e. The number of halogens is 30. The van der Waals surface area contributed by atoms with E-state index in [1.54, 1.807) is 0 Å². The summed E-state index contributed by atoms with van der Waals surface area (Å²) in [5, 5.41) is 29.8. The Morgan fingerprint density at radius 3 is 0.866 bits per heavy atom. The van der Waals surface area contributed by atoms with Crippen molar-refractivity contribution in [3.05, 3.63) is 288 Å². The Morgan fingerprint density at radius 2 is 0.495 bits per heavy atom. The van der Waals surface area contributed by atoms with Crippen molar-refractivity contribution in [3.8, 4) is 0 Å². The Labute approximate surface area is 541 Å². The van der Waals surface area contributed by atoms with Crippen LogP contribution in [0.15, 0.2) is 30.3 Å². The van der Waals surface area contributed by atoms with E-state index in [9.17, 15) is 149 Å². The van der Waals surface area contributed by atoms with Crippen LogP contribution >= 0.6 is 34.8 Å². The molecule has 8 aromatic carbocycles. The van der Waals surface area contributed by atoms with Crippen LogP contribution < -0.4 is 0 Å². The summed E-state index contributed by atoms with van der Waals surface area (Å²) in [4.78, 5) is 27.6. The molecule has 8 rings (SSSR count). The third-order valence-corrected chi connectivity index (χ3v) is 13.2. The van der Waals surface area contributed by atoms with Gasteiger partial charge in [0.25, 0.3) is 0 Å². The SMILES string of the molecule is Cc1c(F)c(C)c([N+](=O)[O-])c(F)c1F.Cc1c(F)c(F)c(C)c(F)c1F.Cc1c(F)c(F)c(F)c(F)c1F.Cc1c(F)c(F)c(F)c(F)c1[N+](=O)[O-].Cc1c(F)c(F)cc(F)c1F.Cc1cc(F)c(Cl)c([N+](=O)[O-])c1Cl.Cc1cc(F)c(F)c(F)c1F.Cc1ccc(F)c(Cl)c1F. The van der Waals surface area contributed by atoms with Crippen molar-refractivity contribution in [1.82, 2.24) is 0 Å². The molecule has 0 heterocycles. The first-order valence-corrected chi connectivity index (χ1v) is 26.0. The van der Waals surface area contributed by atoms with Gasteiger partial charge in [0, 0.05) is 33.9 Å². The predicted octanol–water partition coefficient (Wildman–Crippen LogP) is 22.0. The molecular weight excluding hydrogens is 1450 g/mol. The molecule has 528 valence electrons. The molecule has 0 spiro atoms. The summed E-state index contributed by atoms with van der Waals surface area (Å²) < 4.78 is 338. The Balaban J connectivity index is 0.000000555. The van der Waals surface area contributed by atoms with Gasteiger partial charge in [-0.15, -0.1) is 0 Å². The van der Waals surface area contributed by atoms with Crippen molar-refractivity contribution in [2.45, 2.75) is 69.2 Å². The van der Waals surface area contributed by atoms with Crippen molar-refractivity contribution in [1.29, 1.82) is 0 Å². The second-order valence-electron chi connectivity index (χ2n) is 18.6. The number of nitro groups is 3. The fourth-order valence-electron chi connectivity index (χ4n) is 6.52. The largest absolute Gasteiger partial charge is 0.313 e. The average Bonchev–Trinajstić information content (AvgIpc) is 0.808. The Bertz CT molecular complexity index is 3790. The molecule has 0 fully saturated rings. The molecule has 0 aromatic heterocycles. The molecule has 0 radical (unpaired) electrons. The maximum absolute atomic E-state index is 13.1. The smallest absolute Gasteiger partial charge is 0.258 e. The Hall–Kier alpha value is -9.06. The molecule has 0 atom stereocenters. The molecule has 0 aliphatic carbocycles. The van der Waals surface area contributed by atoms with Crippen LogP contribution in [0.4, 0.5) is 136 Å². The second-order valence-corrected chi connectivity index (χ2v) is 19.7. The summed E-state index contributed by atoms with van der Waals surface area (Å²) in [6, 6.07) is 4.32. The average molecular weight is 1490 g/mol. The molecule has 0 saturated heterocycles. The predicted molar refractivity (Wildman–Crippen MR) is 293 cm³/mol. The van der Waals surface area contributed by atoms with E-state index in [0.29, 0.717) is 11.6 Å². The van der Waals surface area contributed by atoms with E-state index in [2.05, 4.69) is 0 Å². The van der Waals surface area contributed by atoms with E-state index in [1.807, 2.05) is 0 Å². The Morgan fingerprint density at radius 1 is 0.227 bits per heavy atom. The summed E-state index contributed by atoms with van der Waals surface area (Å²) in [6.45, 7) is 10.7. The summed E-state index contributed by atoms with van der Waals surface area (Å²) >= 11 is 16.2. The lowest BCUT2D eigenvalue weighted by Crippen LogP contribution is -2.05. The first-order valence-electron chi connectivity index (χ1n) is 24.8. The van der Waals surface area contributed by atoms with Crippen molar-refractivity contribution >= 4 is 51.9 Å². The van der Waals surface area contributed by atoms with Crippen LogP contribution in [0.3, 0.4) is 0 Å². The van der Waals surface area contributed by atoms with E-state index >= 15 is 0 Å². The third-order valence-electron chi connectivity index (χ3n) is 12.1. The van der Waals surface area contributed by atoms with Crippen LogP contribution in [-0.4, -0.2) is 14.8 Å². The molecule has 0 aliphatic rings. The summed E-state index contributed by atoms with van der Waals surface area (Å²) in [7, 11) is 0. The highest BCUT2D eigenvalue weighted by molar-refractivity contribution is 6.38. The monoisotopic (exact) mass is 1490 g/mol. The highest BCUT2D eigenvalue weighted by atomic mass is 35.5. The number of benzene rings is 8. The number of nitro benzene ring substituents is 3. The van der Waals surface area contributed by atoms with Crippen molar-refractivity contribution in [3.63, 3.8) is 0 Å². The minimum absolute atomic E-state index is 0.128. The first kappa shape index (κ1) is 86.0. The fraction of sp³-hybridized carbons (Fsp3) is 0.172. The zero-order chi connectivity index (χ0) is 76.1. The molecule has 0 unspecified atom stereocenters. The van der Waals surface area contributed by atoms with E-state index in [0.717, 1.165) is 67.5 Å². The third kappa shape index (κ3) is 20.3. The molecule has 0 aliphatic heterocycles. The van der Waals surface area contributed by atoms with Gasteiger partial charge < -0.3 is 0 Å². The molecule has 97 heavy (non-hydrogen) atoms. The lowest BCUT2D eigenvalue weighted by molar-refractivity contribution is -0.388. The molecule has 0 bridgehead atoms. The number of hydrogen-bond donors (Lipinski definition) is 0. The lowest BCUT2D eigenvalue weighted by Gasteiger charge is -2.04. The maximum Gasteiger partial charge on any atom is 0.313 e. The van der Waals surface area contributed by atoms with Gasteiger partial charge in [-0.05, 0) is 104 Å². The van der Waals surface area contributed by atoms with Gasteiger partial charge in [-0.3, -0.25) is 30.3 Å². The molecule has 39 heteroatoms. The van der Waals surface area contributed by atoms with Gasteiger partial charge in [0.1, 0.15) is 33.3 Å². The zero-order valence-electron chi connectivity index (χ0n) is 49.5. The van der Waals surface area contributed by atoms with Crippen LogP contribution in [-0.2, 0) is 0 Å². The Kier molecular flexibility index (Phi) is 31.7. The van der Waals surface area contributed by atoms with E-state index in [1.165, 1.54) is 19.9 Å². The second kappa shape index (κ2) is 35.8. The minimum atomic E-state index is -2.18. The molecule has 8 aromatic rings. The van der Waals surface area contributed by atoms with E-state index in [-0.39, 0.29) is 22.2 Å². The van der Waals surface area contributed by atoms with Crippen LogP contribution in [0, 0.1) is 257 Å². The zero-order valence-corrected chi connectivity index (χ0v) is 51.8. The van der Waals surface area contributed by atoms with Gasteiger partial charge in [-0.1, -0.05) is 40.9 Å². The summed E-state index contributed by atoms with van der Waals surface area (Å²) in [6.07, 6.45) is 0. The number of rotatable bonds is 3.